The van der Waals surface area contributed by atoms with Gasteiger partial charge in [0.1, 0.15) is 12.4 Å². The highest BCUT2D eigenvalue weighted by atomic mass is 19.1. The highest BCUT2D eigenvalue weighted by Crippen LogP contribution is 2.14. The van der Waals surface area contributed by atoms with Crippen LogP contribution in [0.5, 0.6) is 0 Å². The van der Waals surface area contributed by atoms with E-state index in [0.29, 0.717) is 25.9 Å². The first kappa shape index (κ1) is 17.9. The van der Waals surface area contributed by atoms with Gasteiger partial charge in [-0.05, 0) is 30.5 Å². The van der Waals surface area contributed by atoms with E-state index in [-0.39, 0.29) is 24.3 Å². The number of nitrogens with one attached hydrogen (secondary N) is 1. The van der Waals surface area contributed by atoms with Crippen molar-refractivity contribution in [2.45, 2.75) is 25.5 Å². The molecule has 1 aliphatic heterocycles. The molecule has 1 N–H and O–H groups in total. The predicted octanol–water partition coefficient (Wildman–Crippen LogP) is 3.36. The second-order valence-electron chi connectivity index (χ2n) is 6.25. The molecule has 5 nitrogen and oxygen atoms in total. The summed E-state index contributed by atoms with van der Waals surface area (Å²) < 4.78 is 19.0. The van der Waals surface area contributed by atoms with Crippen molar-refractivity contribution >= 4 is 12.0 Å². The number of nitrogens with zero attached hydrogens (tertiary/aromatic N) is 1. The Bertz CT molecular complexity index is 759. The van der Waals surface area contributed by atoms with Crippen LogP contribution in [0, 0.1) is 5.82 Å². The van der Waals surface area contributed by atoms with Crippen molar-refractivity contribution in [1.29, 1.82) is 0 Å². The molecule has 1 aliphatic rings. The molecule has 3 rings (SSSR count). The van der Waals surface area contributed by atoms with Crippen LogP contribution in [-0.4, -0.2) is 36.0 Å². The lowest BCUT2D eigenvalue weighted by molar-refractivity contribution is 0.0808. The van der Waals surface area contributed by atoms with Crippen LogP contribution in [0.2, 0.25) is 0 Å². The van der Waals surface area contributed by atoms with Gasteiger partial charge in [0.05, 0.1) is 5.56 Å². The minimum absolute atomic E-state index is 0.0391. The van der Waals surface area contributed by atoms with E-state index in [1.165, 1.54) is 12.1 Å². The monoisotopic (exact) mass is 356 g/mol. The lowest BCUT2D eigenvalue weighted by Crippen LogP contribution is -2.46. The molecule has 0 bridgehead atoms. The summed E-state index contributed by atoms with van der Waals surface area (Å²) in [6, 6.07) is 15.3. The molecule has 1 saturated heterocycles. The van der Waals surface area contributed by atoms with Gasteiger partial charge in [-0.3, -0.25) is 4.79 Å². The van der Waals surface area contributed by atoms with E-state index in [1.54, 1.807) is 17.0 Å². The maximum absolute atomic E-state index is 13.7. The molecule has 136 valence electrons. The molecule has 0 unspecified atom stereocenters. The van der Waals surface area contributed by atoms with E-state index in [1.807, 2.05) is 30.3 Å². The zero-order valence-corrected chi connectivity index (χ0v) is 14.4. The molecule has 1 fully saturated rings. The Morgan fingerprint density at radius 1 is 1.04 bits per heavy atom. The first-order valence-electron chi connectivity index (χ1n) is 8.64. The van der Waals surface area contributed by atoms with Gasteiger partial charge in [0.25, 0.3) is 5.91 Å². The summed E-state index contributed by atoms with van der Waals surface area (Å²) in [7, 11) is 0. The number of hydrogen-bond acceptors (Lipinski definition) is 3. The van der Waals surface area contributed by atoms with Gasteiger partial charge in [-0.2, -0.15) is 0 Å². The number of carbonyl (C=O) groups excluding carboxylic acids is 2. The Balaban J connectivity index is 1.44. The summed E-state index contributed by atoms with van der Waals surface area (Å²) >= 11 is 0. The van der Waals surface area contributed by atoms with Crippen LogP contribution >= 0.6 is 0 Å². The van der Waals surface area contributed by atoms with Crippen LogP contribution in [0.25, 0.3) is 0 Å². The van der Waals surface area contributed by atoms with E-state index in [0.717, 1.165) is 5.56 Å². The molecule has 2 amide bonds. The Morgan fingerprint density at radius 3 is 2.38 bits per heavy atom. The number of piperidine rings is 1. The summed E-state index contributed by atoms with van der Waals surface area (Å²) in [4.78, 5) is 25.9. The maximum atomic E-state index is 13.7. The fourth-order valence-corrected chi connectivity index (χ4v) is 2.93. The molecule has 2 aromatic carbocycles. The number of halogens is 1. The van der Waals surface area contributed by atoms with E-state index < -0.39 is 11.7 Å². The van der Waals surface area contributed by atoms with Gasteiger partial charge in [-0.1, -0.05) is 42.5 Å². The molecule has 2 aromatic rings. The van der Waals surface area contributed by atoms with Gasteiger partial charge in [-0.25, -0.2) is 9.18 Å². The van der Waals surface area contributed by atoms with E-state index in [9.17, 15) is 14.0 Å². The van der Waals surface area contributed by atoms with Gasteiger partial charge in [-0.15, -0.1) is 0 Å². The fourth-order valence-electron chi connectivity index (χ4n) is 2.93. The first-order valence-corrected chi connectivity index (χ1v) is 8.64. The molecule has 0 radical (unpaired) electrons. The molecule has 0 spiro atoms. The highest BCUT2D eigenvalue weighted by molar-refractivity contribution is 5.94. The first-order chi connectivity index (χ1) is 12.6. The third kappa shape index (κ3) is 4.59. The number of carbonyl (C=O) groups is 2. The Kier molecular flexibility index (Phi) is 5.84. The average Bonchev–Trinajstić information content (AvgIpc) is 2.68. The number of benzene rings is 2. The number of likely N-dealkylation sites (tertiary alicyclic amines) is 1. The molecule has 0 aromatic heterocycles. The summed E-state index contributed by atoms with van der Waals surface area (Å²) in [6.07, 6.45) is 0.870. The standard InChI is InChI=1S/C20H21FN2O3/c21-18-9-5-4-8-17(18)19(24)22-16-10-12-23(13-11-16)20(25)26-14-15-6-2-1-3-7-15/h1-9,16H,10-14H2,(H,22,24). The molecule has 1 heterocycles. The van der Waals surface area contributed by atoms with Crippen molar-refractivity contribution in [1.82, 2.24) is 10.2 Å². The summed E-state index contributed by atoms with van der Waals surface area (Å²) in [5.74, 6) is -0.958. The number of amides is 2. The number of hydrogen-bond donors (Lipinski definition) is 1. The van der Waals surface area contributed by atoms with Gasteiger partial charge in [0.15, 0.2) is 0 Å². The largest absolute Gasteiger partial charge is 0.445 e. The van der Waals surface area contributed by atoms with Gasteiger partial charge >= 0.3 is 6.09 Å². The Labute approximate surface area is 151 Å². The van der Waals surface area contributed by atoms with Crippen molar-refractivity contribution in [3.8, 4) is 0 Å². The highest BCUT2D eigenvalue weighted by Gasteiger charge is 2.25. The average molecular weight is 356 g/mol. The summed E-state index contributed by atoms with van der Waals surface area (Å²) in [5.41, 5.74) is 0.977. The minimum Gasteiger partial charge on any atom is -0.445 e. The number of rotatable bonds is 4. The van der Waals surface area contributed by atoms with Crippen LogP contribution < -0.4 is 5.32 Å². The second kappa shape index (κ2) is 8.47. The van der Waals surface area contributed by atoms with Gasteiger partial charge < -0.3 is 15.0 Å². The summed E-state index contributed by atoms with van der Waals surface area (Å²) in [6.45, 7) is 1.23. The van der Waals surface area contributed by atoms with Crippen molar-refractivity contribution in [2.24, 2.45) is 0 Å². The van der Waals surface area contributed by atoms with E-state index in [4.69, 9.17) is 4.74 Å². The lowest BCUT2D eigenvalue weighted by Gasteiger charge is -2.31. The fraction of sp³-hybridized carbons (Fsp3) is 0.300. The molecule has 6 heteroatoms. The molecule has 0 saturated carbocycles. The van der Waals surface area contributed by atoms with Crippen LogP contribution in [0.1, 0.15) is 28.8 Å². The Morgan fingerprint density at radius 2 is 1.69 bits per heavy atom. The predicted molar refractivity (Wildman–Crippen MR) is 95.1 cm³/mol. The zero-order chi connectivity index (χ0) is 18.4. The molecule has 26 heavy (non-hydrogen) atoms. The molecule has 0 atom stereocenters. The Hall–Kier alpha value is -2.89. The van der Waals surface area contributed by atoms with Crippen LogP contribution in [0.15, 0.2) is 54.6 Å². The number of ether oxygens (including phenoxy) is 1. The molecular formula is C20H21FN2O3. The smallest absolute Gasteiger partial charge is 0.410 e. The lowest BCUT2D eigenvalue weighted by atomic mass is 10.0. The van der Waals surface area contributed by atoms with E-state index >= 15 is 0 Å². The van der Waals surface area contributed by atoms with Gasteiger partial charge in [0, 0.05) is 19.1 Å². The van der Waals surface area contributed by atoms with Crippen LogP contribution in [0.4, 0.5) is 9.18 Å². The van der Waals surface area contributed by atoms with Crippen molar-refractivity contribution in [3.63, 3.8) is 0 Å². The maximum Gasteiger partial charge on any atom is 0.410 e. The second-order valence-corrected chi connectivity index (χ2v) is 6.25. The molecule has 0 aliphatic carbocycles. The topological polar surface area (TPSA) is 58.6 Å². The SMILES string of the molecule is O=C(NC1CCN(C(=O)OCc2ccccc2)CC1)c1ccccc1F. The van der Waals surface area contributed by atoms with Crippen molar-refractivity contribution in [3.05, 3.63) is 71.5 Å². The third-order valence-electron chi connectivity index (χ3n) is 4.41. The minimum atomic E-state index is -0.535. The van der Waals surface area contributed by atoms with Crippen molar-refractivity contribution in [2.75, 3.05) is 13.1 Å². The van der Waals surface area contributed by atoms with Gasteiger partial charge in [0.2, 0.25) is 0 Å². The van der Waals surface area contributed by atoms with Crippen LogP contribution in [-0.2, 0) is 11.3 Å². The summed E-state index contributed by atoms with van der Waals surface area (Å²) in [5, 5.41) is 2.84. The zero-order valence-electron chi connectivity index (χ0n) is 14.4. The quantitative estimate of drug-likeness (QED) is 0.914. The van der Waals surface area contributed by atoms with E-state index in [2.05, 4.69) is 5.32 Å². The normalized spacial score (nSPS) is 14.7. The van der Waals surface area contributed by atoms with Crippen LogP contribution in [0.3, 0.4) is 0 Å². The molecular weight excluding hydrogens is 335 g/mol. The third-order valence-corrected chi connectivity index (χ3v) is 4.41. The van der Waals surface area contributed by atoms with Crippen molar-refractivity contribution < 1.29 is 18.7 Å².